The lowest BCUT2D eigenvalue weighted by atomic mass is 9.98. The SMILES string of the molecule is CN(C)c1ccc(C2=NN(c3ccccn3)C(c3ccc(N(C)C)cc3)C2)cc1. The molecule has 4 rings (SSSR count). The minimum Gasteiger partial charge on any atom is -0.378 e. The minimum atomic E-state index is 0.129. The lowest BCUT2D eigenvalue weighted by Gasteiger charge is -2.23. The molecule has 2 aromatic carbocycles. The maximum absolute atomic E-state index is 4.98. The highest BCUT2D eigenvalue weighted by atomic mass is 15.5. The fourth-order valence-electron chi connectivity index (χ4n) is 3.59. The molecule has 5 nitrogen and oxygen atoms in total. The number of rotatable bonds is 5. The molecular weight excluding hydrogens is 358 g/mol. The van der Waals surface area contributed by atoms with Crippen LogP contribution in [0, 0.1) is 0 Å². The van der Waals surface area contributed by atoms with Crippen LogP contribution in [0.5, 0.6) is 0 Å². The van der Waals surface area contributed by atoms with Crippen molar-refractivity contribution in [1.82, 2.24) is 4.98 Å². The Bertz CT molecular complexity index is 976. The van der Waals surface area contributed by atoms with Crippen LogP contribution in [0.3, 0.4) is 0 Å². The molecule has 0 aliphatic carbocycles. The molecule has 1 aromatic heterocycles. The van der Waals surface area contributed by atoms with Gasteiger partial charge < -0.3 is 9.80 Å². The Hall–Kier alpha value is -3.34. The molecule has 0 spiro atoms. The quantitative estimate of drug-likeness (QED) is 0.644. The molecule has 5 heteroatoms. The van der Waals surface area contributed by atoms with E-state index in [4.69, 9.17) is 5.10 Å². The van der Waals surface area contributed by atoms with Crippen molar-refractivity contribution in [1.29, 1.82) is 0 Å². The first-order valence-electron chi connectivity index (χ1n) is 9.86. The summed E-state index contributed by atoms with van der Waals surface area (Å²) in [7, 11) is 8.23. The third-order valence-corrected chi connectivity index (χ3v) is 5.31. The summed E-state index contributed by atoms with van der Waals surface area (Å²) in [6, 6.07) is 23.4. The van der Waals surface area contributed by atoms with Gasteiger partial charge in [-0.15, -0.1) is 0 Å². The van der Waals surface area contributed by atoms with Crippen molar-refractivity contribution in [2.45, 2.75) is 12.5 Å². The minimum absolute atomic E-state index is 0.129. The average molecular weight is 386 g/mol. The van der Waals surface area contributed by atoms with Gasteiger partial charge in [0.15, 0.2) is 0 Å². The van der Waals surface area contributed by atoms with E-state index in [1.807, 2.05) is 24.4 Å². The van der Waals surface area contributed by atoms with Crippen molar-refractivity contribution in [3.05, 3.63) is 84.1 Å². The van der Waals surface area contributed by atoms with E-state index in [2.05, 4.69) is 96.5 Å². The van der Waals surface area contributed by atoms with Gasteiger partial charge in [0, 0.05) is 52.2 Å². The van der Waals surface area contributed by atoms with Crippen molar-refractivity contribution in [3.63, 3.8) is 0 Å². The van der Waals surface area contributed by atoms with Gasteiger partial charge in [0.1, 0.15) is 5.82 Å². The standard InChI is InChI=1S/C24H27N5/c1-27(2)20-12-8-18(9-13-20)22-17-23(19-10-14-21(15-11-19)28(3)4)29(26-22)24-7-5-6-16-25-24/h5-16,23H,17H2,1-4H3. The van der Waals surface area contributed by atoms with Gasteiger partial charge in [0.2, 0.25) is 0 Å². The normalized spacial score (nSPS) is 15.9. The number of hydrogen-bond donors (Lipinski definition) is 0. The Kier molecular flexibility index (Phi) is 5.21. The Labute approximate surface area is 172 Å². The van der Waals surface area contributed by atoms with Gasteiger partial charge >= 0.3 is 0 Å². The number of pyridine rings is 1. The van der Waals surface area contributed by atoms with Gasteiger partial charge in [-0.25, -0.2) is 9.99 Å². The van der Waals surface area contributed by atoms with E-state index >= 15 is 0 Å². The Morgan fingerprint density at radius 2 is 1.41 bits per heavy atom. The first-order chi connectivity index (χ1) is 14.0. The molecule has 1 aliphatic rings. The lowest BCUT2D eigenvalue weighted by Crippen LogP contribution is -2.19. The maximum atomic E-state index is 4.98. The summed E-state index contributed by atoms with van der Waals surface area (Å²) in [6.45, 7) is 0. The molecule has 29 heavy (non-hydrogen) atoms. The summed E-state index contributed by atoms with van der Waals surface area (Å²) < 4.78 is 0. The summed E-state index contributed by atoms with van der Waals surface area (Å²) >= 11 is 0. The van der Waals surface area contributed by atoms with Gasteiger partial charge in [0.25, 0.3) is 0 Å². The zero-order valence-corrected chi connectivity index (χ0v) is 17.4. The number of benzene rings is 2. The first kappa shape index (κ1) is 19.0. The summed E-state index contributed by atoms with van der Waals surface area (Å²) in [4.78, 5) is 8.77. The smallest absolute Gasteiger partial charge is 0.149 e. The van der Waals surface area contributed by atoms with E-state index in [9.17, 15) is 0 Å². The third-order valence-electron chi connectivity index (χ3n) is 5.31. The Morgan fingerprint density at radius 1 is 0.793 bits per heavy atom. The largest absolute Gasteiger partial charge is 0.378 e. The molecule has 2 heterocycles. The fourth-order valence-corrected chi connectivity index (χ4v) is 3.59. The van der Waals surface area contributed by atoms with Crippen LogP contribution in [0.4, 0.5) is 17.2 Å². The van der Waals surface area contributed by atoms with Crippen LogP contribution < -0.4 is 14.8 Å². The van der Waals surface area contributed by atoms with E-state index in [0.717, 1.165) is 23.5 Å². The summed E-state index contributed by atoms with van der Waals surface area (Å²) in [5.41, 5.74) is 5.86. The van der Waals surface area contributed by atoms with E-state index < -0.39 is 0 Å². The zero-order valence-electron chi connectivity index (χ0n) is 17.4. The van der Waals surface area contributed by atoms with Gasteiger partial charge in [-0.2, -0.15) is 5.10 Å². The predicted molar refractivity (Wildman–Crippen MR) is 122 cm³/mol. The van der Waals surface area contributed by atoms with Crippen LogP contribution in [0.2, 0.25) is 0 Å². The van der Waals surface area contributed by atoms with Crippen LogP contribution in [0.1, 0.15) is 23.6 Å². The molecule has 0 bridgehead atoms. The lowest BCUT2D eigenvalue weighted by molar-refractivity contribution is 0.699. The molecule has 1 aliphatic heterocycles. The van der Waals surface area contributed by atoms with E-state index in [1.54, 1.807) is 0 Å². The molecule has 0 N–H and O–H groups in total. The average Bonchev–Trinajstić information content (AvgIpc) is 3.20. The number of nitrogens with zero attached hydrogens (tertiary/aromatic N) is 5. The number of hydrogen-bond acceptors (Lipinski definition) is 5. The van der Waals surface area contributed by atoms with E-state index in [1.165, 1.54) is 16.9 Å². The molecule has 3 aromatic rings. The number of anilines is 3. The molecule has 1 unspecified atom stereocenters. The van der Waals surface area contributed by atoms with Crippen LogP contribution >= 0.6 is 0 Å². The Morgan fingerprint density at radius 3 is 1.97 bits per heavy atom. The monoisotopic (exact) mass is 385 g/mol. The van der Waals surface area contributed by atoms with Gasteiger partial charge in [-0.05, 0) is 47.5 Å². The fraction of sp³-hybridized carbons (Fsp3) is 0.250. The second kappa shape index (κ2) is 7.95. The number of hydrazone groups is 1. The molecule has 1 atom stereocenters. The predicted octanol–water partition coefficient (Wildman–Crippen LogP) is 4.57. The van der Waals surface area contributed by atoms with Crippen LogP contribution in [-0.2, 0) is 0 Å². The molecule has 0 radical (unpaired) electrons. The van der Waals surface area contributed by atoms with Crippen molar-refractivity contribution in [2.75, 3.05) is 43.0 Å². The van der Waals surface area contributed by atoms with Crippen molar-refractivity contribution in [3.8, 4) is 0 Å². The van der Waals surface area contributed by atoms with Crippen molar-refractivity contribution >= 4 is 22.9 Å². The van der Waals surface area contributed by atoms with E-state index in [-0.39, 0.29) is 6.04 Å². The van der Waals surface area contributed by atoms with Crippen LogP contribution in [0.15, 0.2) is 78.0 Å². The third kappa shape index (κ3) is 3.94. The summed E-state index contributed by atoms with van der Waals surface area (Å²) in [5.74, 6) is 0.870. The topological polar surface area (TPSA) is 35.0 Å². The van der Waals surface area contributed by atoms with Gasteiger partial charge in [-0.1, -0.05) is 30.3 Å². The van der Waals surface area contributed by atoms with Crippen molar-refractivity contribution < 1.29 is 0 Å². The van der Waals surface area contributed by atoms with Crippen molar-refractivity contribution in [2.24, 2.45) is 5.10 Å². The first-order valence-corrected chi connectivity index (χ1v) is 9.86. The molecule has 148 valence electrons. The molecular formula is C24H27N5. The summed E-state index contributed by atoms with van der Waals surface area (Å²) in [6.07, 6.45) is 2.67. The second-order valence-electron chi connectivity index (χ2n) is 7.73. The van der Waals surface area contributed by atoms with E-state index in [0.29, 0.717) is 0 Å². The molecule has 0 saturated carbocycles. The summed E-state index contributed by atoms with van der Waals surface area (Å²) in [5, 5.41) is 7.04. The maximum Gasteiger partial charge on any atom is 0.149 e. The zero-order chi connectivity index (χ0) is 20.4. The second-order valence-corrected chi connectivity index (χ2v) is 7.73. The molecule has 0 fully saturated rings. The van der Waals surface area contributed by atoms with Gasteiger partial charge in [-0.3, -0.25) is 0 Å². The van der Waals surface area contributed by atoms with Crippen LogP contribution in [-0.4, -0.2) is 38.9 Å². The highest BCUT2D eigenvalue weighted by Gasteiger charge is 2.30. The molecule has 0 amide bonds. The number of aromatic nitrogens is 1. The van der Waals surface area contributed by atoms with Gasteiger partial charge in [0.05, 0.1) is 11.8 Å². The Balaban J connectivity index is 1.68. The van der Waals surface area contributed by atoms with Crippen LogP contribution in [0.25, 0.3) is 0 Å². The molecule has 0 saturated heterocycles. The highest BCUT2D eigenvalue weighted by Crippen LogP contribution is 2.36. The highest BCUT2D eigenvalue weighted by molar-refractivity contribution is 6.03.